The van der Waals surface area contributed by atoms with Crippen LogP contribution in [0, 0.1) is 0 Å². The van der Waals surface area contributed by atoms with Gasteiger partial charge in [-0.05, 0) is 6.07 Å². The number of rotatable bonds is 3. The normalized spacial score (nSPS) is 10.0. The fourth-order valence-corrected chi connectivity index (χ4v) is 1.21. The van der Waals surface area contributed by atoms with Gasteiger partial charge in [0, 0.05) is 0 Å². The van der Waals surface area contributed by atoms with Crippen molar-refractivity contribution in [3.8, 4) is 11.3 Å². The fourth-order valence-electron chi connectivity index (χ4n) is 1.21. The third-order valence-electron chi connectivity index (χ3n) is 1.89. The largest absolute Gasteiger partial charge is 0.471 e. The van der Waals surface area contributed by atoms with Gasteiger partial charge in [-0.25, -0.2) is 0 Å². The van der Waals surface area contributed by atoms with Gasteiger partial charge in [0.15, 0.2) is 12.6 Å². The lowest BCUT2D eigenvalue weighted by molar-refractivity contribution is 0.111. The number of carbonyl (C=O) groups excluding carboxylic acids is 2. The molecule has 2 heterocycles. The van der Waals surface area contributed by atoms with Crippen molar-refractivity contribution in [2.24, 2.45) is 0 Å². The molecule has 2 aromatic rings. The first-order chi connectivity index (χ1) is 6.86. The monoisotopic (exact) mass is 190 g/mol. The van der Waals surface area contributed by atoms with Crippen molar-refractivity contribution in [3.63, 3.8) is 0 Å². The summed E-state index contributed by atoms with van der Waals surface area (Å²) in [7, 11) is 0. The zero-order valence-electron chi connectivity index (χ0n) is 7.10. The lowest BCUT2D eigenvalue weighted by Gasteiger charge is -1.92. The van der Waals surface area contributed by atoms with Crippen molar-refractivity contribution < 1.29 is 18.4 Å². The quantitative estimate of drug-likeness (QED) is 0.696. The maximum Gasteiger partial charge on any atom is 0.154 e. The van der Waals surface area contributed by atoms with E-state index < -0.39 is 0 Å². The molecule has 2 rings (SSSR count). The van der Waals surface area contributed by atoms with Crippen LogP contribution < -0.4 is 0 Å². The second-order valence-electron chi connectivity index (χ2n) is 2.68. The van der Waals surface area contributed by atoms with Crippen LogP contribution in [0.15, 0.2) is 33.7 Å². The van der Waals surface area contributed by atoms with Gasteiger partial charge in [0.05, 0.1) is 23.0 Å². The molecule has 0 bridgehead atoms. The Morgan fingerprint density at radius 2 is 1.86 bits per heavy atom. The number of hydrogen-bond acceptors (Lipinski definition) is 4. The van der Waals surface area contributed by atoms with Crippen molar-refractivity contribution in [1.29, 1.82) is 0 Å². The van der Waals surface area contributed by atoms with Gasteiger partial charge in [0.1, 0.15) is 18.3 Å². The van der Waals surface area contributed by atoms with E-state index in [1.807, 2.05) is 0 Å². The molecule has 0 radical (unpaired) electrons. The highest BCUT2D eigenvalue weighted by atomic mass is 16.3. The van der Waals surface area contributed by atoms with Gasteiger partial charge >= 0.3 is 0 Å². The van der Waals surface area contributed by atoms with E-state index in [1.54, 1.807) is 0 Å². The van der Waals surface area contributed by atoms with Crippen LogP contribution in [0.5, 0.6) is 0 Å². The first kappa shape index (κ1) is 8.50. The molecule has 0 saturated carbocycles. The Morgan fingerprint density at radius 3 is 2.57 bits per heavy atom. The van der Waals surface area contributed by atoms with Gasteiger partial charge in [0.2, 0.25) is 0 Å². The topological polar surface area (TPSA) is 60.4 Å². The SMILES string of the molecule is O=Cc1cocc1-c1occc1C=O. The van der Waals surface area contributed by atoms with Gasteiger partial charge in [-0.15, -0.1) is 0 Å². The van der Waals surface area contributed by atoms with Crippen molar-refractivity contribution in [2.45, 2.75) is 0 Å². The molecule has 0 aliphatic heterocycles. The van der Waals surface area contributed by atoms with Gasteiger partial charge in [0.25, 0.3) is 0 Å². The Hall–Kier alpha value is -2.10. The van der Waals surface area contributed by atoms with Gasteiger partial charge in [-0.1, -0.05) is 0 Å². The Balaban J connectivity index is 2.59. The van der Waals surface area contributed by atoms with Crippen molar-refractivity contribution in [3.05, 3.63) is 36.0 Å². The van der Waals surface area contributed by atoms with Crippen molar-refractivity contribution in [1.82, 2.24) is 0 Å². The molecule has 0 atom stereocenters. The second kappa shape index (κ2) is 3.33. The molecule has 4 nitrogen and oxygen atoms in total. The third kappa shape index (κ3) is 1.17. The van der Waals surface area contributed by atoms with Crippen LogP contribution in [0.2, 0.25) is 0 Å². The van der Waals surface area contributed by atoms with Crippen LogP contribution in [-0.4, -0.2) is 12.6 Å². The minimum Gasteiger partial charge on any atom is -0.471 e. The van der Waals surface area contributed by atoms with E-state index in [4.69, 9.17) is 8.83 Å². The predicted octanol–water partition coefficient (Wildman–Crippen LogP) is 2.16. The third-order valence-corrected chi connectivity index (χ3v) is 1.89. The molecule has 0 unspecified atom stereocenters. The minimum absolute atomic E-state index is 0.357. The van der Waals surface area contributed by atoms with E-state index in [0.717, 1.165) is 0 Å². The summed E-state index contributed by atoms with van der Waals surface area (Å²) in [6.07, 6.45) is 5.38. The number of carbonyl (C=O) groups is 2. The molecule has 0 saturated heterocycles. The maximum atomic E-state index is 10.6. The van der Waals surface area contributed by atoms with Crippen LogP contribution in [0.1, 0.15) is 20.7 Å². The molecule has 0 aliphatic rings. The Labute approximate surface area is 79.1 Å². The van der Waals surface area contributed by atoms with Crippen molar-refractivity contribution in [2.75, 3.05) is 0 Å². The predicted molar refractivity (Wildman–Crippen MR) is 47.2 cm³/mol. The number of aldehydes is 2. The summed E-state index contributed by atoms with van der Waals surface area (Å²) >= 11 is 0. The summed E-state index contributed by atoms with van der Waals surface area (Å²) in [5.41, 5.74) is 1.25. The summed E-state index contributed by atoms with van der Waals surface area (Å²) in [6, 6.07) is 1.53. The average Bonchev–Trinajstić information content (AvgIpc) is 2.85. The van der Waals surface area contributed by atoms with Gasteiger partial charge < -0.3 is 8.83 Å². The number of hydrogen-bond donors (Lipinski definition) is 0. The Kier molecular flexibility index (Phi) is 2.02. The summed E-state index contributed by atoms with van der Waals surface area (Å²) in [5, 5.41) is 0. The summed E-state index contributed by atoms with van der Waals surface area (Å²) in [4.78, 5) is 21.2. The molecule has 0 amide bonds. The van der Waals surface area contributed by atoms with Crippen LogP contribution in [0.25, 0.3) is 11.3 Å². The fraction of sp³-hybridized carbons (Fsp3) is 0. The van der Waals surface area contributed by atoms with E-state index in [9.17, 15) is 9.59 Å². The Bertz CT molecular complexity index is 420. The molecule has 0 N–H and O–H groups in total. The van der Waals surface area contributed by atoms with Crippen LogP contribution >= 0.6 is 0 Å². The molecule has 0 spiro atoms. The molecule has 14 heavy (non-hydrogen) atoms. The van der Waals surface area contributed by atoms with E-state index in [-0.39, 0.29) is 0 Å². The molecular weight excluding hydrogens is 184 g/mol. The molecule has 0 fully saturated rings. The Morgan fingerprint density at radius 1 is 1.07 bits per heavy atom. The first-order valence-corrected chi connectivity index (χ1v) is 3.91. The van der Waals surface area contributed by atoms with Gasteiger partial charge in [-0.2, -0.15) is 0 Å². The lowest BCUT2D eigenvalue weighted by atomic mass is 10.1. The van der Waals surface area contributed by atoms with E-state index in [2.05, 4.69) is 0 Å². The molecule has 2 aromatic heterocycles. The first-order valence-electron chi connectivity index (χ1n) is 3.91. The zero-order chi connectivity index (χ0) is 9.97. The highest BCUT2D eigenvalue weighted by Crippen LogP contribution is 2.27. The van der Waals surface area contributed by atoms with Gasteiger partial charge in [-0.3, -0.25) is 9.59 Å². The molecular formula is C10H6O4. The zero-order valence-corrected chi connectivity index (χ0v) is 7.10. The summed E-state index contributed by atoms with van der Waals surface area (Å²) in [5.74, 6) is 0.357. The highest BCUT2D eigenvalue weighted by molar-refractivity contribution is 5.91. The highest BCUT2D eigenvalue weighted by Gasteiger charge is 2.14. The second-order valence-corrected chi connectivity index (χ2v) is 2.68. The number of furan rings is 2. The molecule has 4 heteroatoms. The van der Waals surface area contributed by atoms with E-state index in [1.165, 1.54) is 24.9 Å². The average molecular weight is 190 g/mol. The van der Waals surface area contributed by atoms with E-state index in [0.29, 0.717) is 35.0 Å². The summed E-state index contributed by atoms with van der Waals surface area (Å²) < 4.78 is 9.94. The molecule has 0 aromatic carbocycles. The van der Waals surface area contributed by atoms with Crippen LogP contribution in [-0.2, 0) is 0 Å². The lowest BCUT2D eigenvalue weighted by Crippen LogP contribution is -1.83. The van der Waals surface area contributed by atoms with Crippen LogP contribution in [0.4, 0.5) is 0 Å². The van der Waals surface area contributed by atoms with Crippen molar-refractivity contribution >= 4 is 12.6 Å². The molecule has 0 aliphatic carbocycles. The standard InChI is InChI=1S/C10H6O4/c11-3-7-1-2-14-10(7)9-6-13-5-8(9)4-12/h1-6H. The van der Waals surface area contributed by atoms with E-state index >= 15 is 0 Å². The summed E-state index contributed by atoms with van der Waals surface area (Å²) in [6.45, 7) is 0. The molecule has 70 valence electrons. The smallest absolute Gasteiger partial charge is 0.154 e. The minimum atomic E-state index is 0.357. The van der Waals surface area contributed by atoms with Crippen LogP contribution in [0.3, 0.4) is 0 Å². The maximum absolute atomic E-state index is 10.6.